The van der Waals surface area contributed by atoms with E-state index in [2.05, 4.69) is 16.0 Å². The third kappa shape index (κ3) is 2.19. The van der Waals surface area contributed by atoms with Crippen LogP contribution in [0.3, 0.4) is 0 Å². The lowest BCUT2D eigenvalue weighted by molar-refractivity contribution is -0.127. The van der Waals surface area contributed by atoms with Crippen molar-refractivity contribution in [1.29, 1.82) is 5.26 Å². The number of hydrogen-bond donors (Lipinski definition) is 2. The molecule has 1 aliphatic carbocycles. The Morgan fingerprint density at radius 3 is 3.10 bits per heavy atom. The third-order valence-electron chi connectivity index (χ3n) is 3.95. The molecule has 2 aromatic rings. The molecule has 1 aromatic carbocycles. The zero-order chi connectivity index (χ0) is 14.2. The maximum atomic E-state index is 11.6. The number of carbonyl (C=O) groups is 1. The Morgan fingerprint density at radius 1 is 1.50 bits per heavy atom. The number of benzene rings is 1. The lowest BCUT2D eigenvalue weighted by Crippen LogP contribution is -2.37. The molecular formula is C15H15N3O2. The second-order valence-corrected chi connectivity index (χ2v) is 5.47. The summed E-state index contributed by atoms with van der Waals surface area (Å²) in [5.41, 5.74) is 1.77. The fourth-order valence-electron chi connectivity index (χ4n) is 3.00. The molecule has 1 aliphatic rings. The van der Waals surface area contributed by atoms with Gasteiger partial charge >= 0.3 is 0 Å². The van der Waals surface area contributed by atoms with Gasteiger partial charge in [0.25, 0.3) is 0 Å². The maximum absolute atomic E-state index is 11.6. The Hall–Kier alpha value is -2.19. The molecule has 1 atom stereocenters. The average molecular weight is 269 g/mol. The molecule has 0 spiro atoms. The van der Waals surface area contributed by atoms with Crippen LogP contribution in [0.5, 0.6) is 0 Å². The summed E-state index contributed by atoms with van der Waals surface area (Å²) in [6.45, 7) is 0. The molecule has 3 rings (SSSR count). The molecule has 0 aliphatic heterocycles. The fourth-order valence-corrected chi connectivity index (χ4v) is 3.00. The summed E-state index contributed by atoms with van der Waals surface area (Å²) in [5, 5.41) is 19.9. The Kier molecular flexibility index (Phi) is 3.03. The Bertz CT molecular complexity index is 713. The number of fused-ring (bicyclic) bond motifs is 1. The van der Waals surface area contributed by atoms with Crippen LogP contribution < -0.4 is 0 Å². The van der Waals surface area contributed by atoms with Crippen LogP contribution in [0.4, 0.5) is 0 Å². The molecule has 5 nitrogen and oxygen atoms in total. The first-order valence-corrected chi connectivity index (χ1v) is 6.70. The van der Waals surface area contributed by atoms with Crippen molar-refractivity contribution in [1.82, 2.24) is 9.97 Å². The summed E-state index contributed by atoms with van der Waals surface area (Å²) in [6.07, 6.45) is 3.89. The van der Waals surface area contributed by atoms with Gasteiger partial charge in [-0.25, -0.2) is 4.98 Å². The number of aromatic amines is 1. The number of Topliss-reactive ketones (excluding diaryl/α,β-unsaturated/α-hetero) is 1. The molecule has 1 aromatic heterocycles. The number of H-pyrrole nitrogens is 1. The average Bonchev–Trinajstić information content (AvgIpc) is 2.87. The maximum Gasteiger partial charge on any atom is 0.135 e. The summed E-state index contributed by atoms with van der Waals surface area (Å²) in [5.74, 6) is 0.0917. The van der Waals surface area contributed by atoms with Gasteiger partial charge in [-0.2, -0.15) is 5.26 Å². The molecule has 5 heteroatoms. The van der Waals surface area contributed by atoms with Crippen molar-refractivity contribution in [2.45, 2.75) is 37.7 Å². The molecule has 1 unspecified atom stereocenters. The van der Waals surface area contributed by atoms with E-state index in [1.165, 1.54) is 0 Å². The Labute approximate surface area is 116 Å². The van der Waals surface area contributed by atoms with Gasteiger partial charge < -0.3 is 10.1 Å². The van der Waals surface area contributed by atoms with Crippen molar-refractivity contribution in [2.24, 2.45) is 0 Å². The molecule has 0 radical (unpaired) electrons. The van der Waals surface area contributed by atoms with Crippen LogP contribution in [0.2, 0.25) is 0 Å². The van der Waals surface area contributed by atoms with E-state index >= 15 is 0 Å². The topological polar surface area (TPSA) is 89.8 Å². The molecule has 1 heterocycles. The molecule has 102 valence electrons. The highest BCUT2D eigenvalue weighted by Crippen LogP contribution is 2.32. The summed E-state index contributed by atoms with van der Waals surface area (Å²) in [6, 6.07) is 5.65. The highest BCUT2D eigenvalue weighted by atomic mass is 16.3. The normalized spacial score (nSPS) is 22.9. The predicted octanol–water partition coefficient (Wildman–Crippen LogP) is 1.85. The van der Waals surface area contributed by atoms with Crippen LogP contribution in [0.15, 0.2) is 18.5 Å². The molecule has 1 fully saturated rings. The smallest absolute Gasteiger partial charge is 0.135 e. The van der Waals surface area contributed by atoms with Crippen LogP contribution in [0.1, 0.15) is 36.8 Å². The number of carbonyl (C=O) groups excluding carboxylic acids is 1. The van der Waals surface area contributed by atoms with Crippen LogP contribution in [-0.2, 0) is 11.2 Å². The van der Waals surface area contributed by atoms with Gasteiger partial charge in [0.1, 0.15) is 5.78 Å². The zero-order valence-electron chi connectivity index (χ0n) is 11.0. The van der Waals surface area contributed by atoms with Crippen molar-refractivity contribution in [3.05, 3.63) is 29.6 Å². The van der Waals surface area contributed by atoms with Gasteiger partial charge in [0.15, 0.2) is 0 Å². The lowest BCUT2D eigenvalue weighted by atomic mass is 9.79. The minimum atomic E-state index is -1.04. The summed E-state index contributed by atoms with van der Waals surface area (Å²) in [7, 11) is 0. The highest BCUT2D eigenvalue weighted by Gasteiger charge is 2.34. The summed E-state index contributed by atoms with van der Waals surface area (Å²) >= 11 is 0. The van der Waals surface area contributed by atoms with Crippen molar-refractivity contribution in [3.8, 4) is 6.07 Å². The number of rotatable bonds is 2. The van der Waals surface area contributed by atoms with E-state index in [0.29, 0.717) is 31.2 Å². The van der Waals surface area contributed by atoms with E-state index in [-0.39, 0.29) is 12.2 Å². The summed E-state index contributed by atoms with van der Waals surface area (Å²) < 4.78 is 0. The first-order valence-electron chi connectivity index (χ1n) is 6.70. The van der Waals surface area contributed by atoms with Crippen molar-refractivity contribution in [2.75, 3.05) is 0 Å². The molecule has 20 heavy (non-hydrogen) atoms. The van der Waals surface area contributed by atoms with Crippen LogP contribution in [0, 0.1) is 11.3 Å². The van der Waals surface area contributed by atoms with Gasteiger partial charge in [0.05, 0.1) is 34.6 Å². The number of nitriles is 1. The van der Waals surface area contributed by atoms with Gasteiger partial charge in [-0.3, -0.25) is 4.79 Å². The van der Waals surface area contributed by atoms with Crippen molar-refractivity contribution >= 4 is 16.8 Å². The Balaban J connectivity index is 2.03. The van der Waals surface area contributed by atoms with Crippen LogP contribution >= 0.6 is 0 Å². The Morgan fingerprint density at radius 2 is 2.35 bits per heavy atom. The molecule has 0 bridgehead atoms. The van der Waals surface area contributed by atoms with E-state index in [1.54, 1.807) is 18.5 Å². The van der Waals surface area contributed by atoms with Gasteiger partial charge in [-0.05, 0) is 30.5 Å². The van der Waals surface area contributed by atoms with Gasteiger partial charge in [0.2, 0.25) is 0 Å². The first-order chi connectivity index (χ1) is 9.61. The number of aromatic nitrogens is 2. The monoisotopic (exact) mass is 269 g/mol. The number of nitrogens with one attached hydrogen (secondary N) is 1. The lowest BCUT2D eigenvalue weighted by Gasteiger charge is -2.31. The zero-order valence-corrected chi connectivity index (χ0v) is 11.0. The predicted molar refractivity (Wildman–Crippen MR) is 72.9 cm³/mol. The number of imidazole rings is 1. The van der Waals surface area contributed by atoms with E-state index < -0.39 is 5.60 Å². The number of hydrogen-bond acceptors (Lipinski definition) is 4. The van der Waals surface area contributed by atoms with Gasteiger partial charge in [-0.1, -0.05) is 0 Å². The second-order valence-electron chi connectivity index (χ2n) is 5.47. The van der Waals surface area contributed by atoms with Crippen molar-refractivity contribution in [3.63, 3.8) is 0 Å². The molecule has 0 saturated heterocycles. The largest absolute Gasteiger partial charge is 0.389 e. The number of nitrogens with zero attached hydrogens (tertiary/aromatic N) is 2. The molecule has 1 saturated carbocycles. The SMILES string of the molecule is N#Cc1ccc2nc[nH]c2c1CC1(O)CCCC(=O)C1. The molecule has 0 amide bonds. The first kappa shape index (κ1) is 12.8. The fraction of sp³-hybridized carbons (Fsp3) is 0.400. The minimum absolute atomic E-state index is 0.0917. The van der Waals surface area contributed by atoms with Gasteiger partial charge in [-0.15, -0.1) is 0 Å². The molecular weight excluding hydrogens is 254 g/mol. The van der Waals surface area contributed by atoms with E-state index in [9.17, 15) is 15.2 Å². The van der Waals surface area contributed by atoms with E-state index in [4.69, 9.17) is 0 Å². The number of aliphatic hydroxyl groups is 1. The van der Waals surface area contributed by atoms with Crippen LogP contribution in [-0.4, -0.2) is 26.5 Å². The van der Waals surface area contributed by atoms with Gasteiger partial charge in [0, 0.05) is 19.3 Å². The van der Waals surface area contributed by atoms with Crippen LogP contribution in [0.25, 0.3) is 11.0 Å². The quantitative estimate of drug-likeness (QED) is 0.870. The highest BCUT2D eigenvalue weighted by molar-refractivity contribution is 5.82. The van der Waals surface area contributed by atoms with Crippen molar-refractivity contribution < 1.29 is 9.90 Å². The standard InChI is InChI=1S/C15H15N3O2/c16-8-10-3-4-13-14(18-9-17-13)12(10)7-15(20)5-1-2-11(19)6-15/h3-4,9,20H,1-2,5-7H2,(H,17,18). The molecule has 2 N–H and O–H groups in total. The third-order valence-corrected chi connectivity index (χ3v) is 3.95. The summed E-state index contributed by atoms with van der Waals surface area (Å²) in [4.78, 5) is 18.8. The van der Waals surface area contributed by atoms with E-state index in [1.807, 2.05) is 0 Å². The van der Waals surface area contributed by atoms with E-state index in [0.717, 1.165) is 16.6 Å². The second kappa shape index (κ2) is 4.73. The minimum Gasteiger partial charge on any atom is -0.389 e. The number of ketones is 1.